The number of benzene rings is 2. The standard InChI is InChI=1S/C23H20N4O3/c1-15-9-11-16(12-10-15)17-6-2-3-7-18(17)20(28)25-14-23(19-8-4-5-13-24-19)21(29)26-22(30)27-23/h2-13H,14H2,1H3,(H,25,28)(H2,26,27,29,30)/t23-/m1/s1. The molecule has 7 heteroatoms. The smallest absolute Gasteiger partial charge is 0.322 e. The molecule has 0 aliphatic carbocycles. The maximum atomic E-state index is 13.0. The zero-order chi connectivity index (χ0) is 21.1. The number of pyridine rings is 1. The van der Waals surface area contributed by atoms with E-state index < -0.39 is 17.5 Å². The van der Waals surface area contributed by atoms with E-state index >= 15 is 0 Å². The molecule has 1 aliphatic heterocycles. The fraction of sp³-hybridized carbons (Fsp3) is 0.130. The SMILES string of the molecule is Cc1ccc(-c2ccccc2C(=O)NC[C@]2(c3ccccn3)NC(=O)NC2=O)cc1. The Balaban J connectivity index is 1.62. The number of hydrogen-bond acceptors (Lipinski definition) is 4. The number of urea groups is 1. The van der Waals surface area contributed by atoms with Crippen LogP contribution < -0.4 is 16.0 Å². The minimum atomic E-state index is -1.47. The van der Waals surface area contributed by atoms with E-state index in [9.17, 15) is 14.4 Å². The zero-order valence-electron chi connectivity index (χ0n) is 16.3. The molecule has 1 atom stereocenters. The van der Waals surface area contributed by atoms with Crippen molar-refractivity contribution in [3.05, 3.63) is 89.7 Å². The maximum absolute atomic E-state index is 13.0. The van der Waals surface area contributed by atoms with Crippen molar-refractivity contribution in [1.82, 2.24) is 20.9 Å². The molecule has 0 radical (unpaired) electrons. The van der Waals surface area contributed by atoms with Gasteiger partial charge in [-0.3, -0.25) is 19.9 Å². The Morgan fingerprint density at radius 2 is 1.73 bits per heavy atom. The highest BCUT2D eigenvalue weighted by Gasteiger charge is 2.49. The van der Waals surface area contributed by atoms with Gasteiger partial charge in [-0.2, -0.15) is 0 Å². The molecule has 1 aliphatic rings. The van der Waals surface area contributed by atoms with E-state index in [2.05, 4.69) is 20.9 Å². The molecule has 0 unspecified atom stereocenters. The molecule has 4 rings (SSSR count). The minimum absolute atomic E-state index is 0.136. The van der Waals surface area contributed by atoms with E-state index in [4.69, 9.17) is 0 Å². The Morgan fingerprint density at radius 3 is 2.40 bits per heavy atom. The monoisotopic (exact) mass is 400 g/mol. The molecule has 4 amide bonds. The van der Waals surface area contributed by atoms with Gasteiger partial charge in [-0.15, -0.1) is 0 Å². The Bertz CT molecular complexity index is 1110. The highest BCUT2D eigenvalue weighted by atomic mass is 16.2. The molecule has 150 valence electrons. The van der Waals surface area contributed by atoms with Crippen LogP contribution in [-0.2, 0) is 10.3 Å². The van der Waals surface area contributed by atoms with E-state index in [1.54, 1.807) is 30.3 Å². The first-order chi connectivity index (χ1) is 14.5. The van der Waals surface area contributed by atoms with E-state index in [1.807, 2.05) is 43.3 Å². The van der Waals surface area contributed by atoms with Crippen molar-refractivity contribution in [3.63, 3.8) is 0 Å². The van der Waals surface area contributed by atoms with Gasteiger partial charge in [0.1, 0.15) is 0 Å². The predicted molar refractivity (Wildman–Crippen MR) is 112 cm³/mol. The lowest BCUT2D eigenvalue weighted by atomic mass is 9.93. The van der Waals surface area contributed by atoms with Crippen LogP contribution in [0.4, 0.5) is 4.79 Å². The number of rotatable bonds is 5. The van der Waals surface area contributed by atoms with Crippen LogP contribution in [0.1, 0.15) is 21.6 Å². The summed E-state index contributed by atoms with van der Waals surface area (Å²) in [5.41, 5.74) is 2.18. The molecule has 3 N–H and O–H groups in total. The van der Waals surface area contributed by atoms with Crippen molar-refractivity contribution < 1.29 is 14.4 Å². The van der Waals surface area contributed by atoms with Crippen LogP contribution >= 0.6 is 0 Å². The third-order valence-electron chi connectivity index (χ3n) is 5.09. The molecular formula is C23H20N4O3. The summed E-state index contributed by atoms with van der Waals surface area (Å²) in [4.78, 5) is 41.7. The summed E-state index contributed by atoms with van der Waals surface area (Å²) in [6.07, 6.45) is 1.53. The van der Waals surface area contributed by atoms with Crippen molar-refractivity contribution >= 4 is 17.8 Å². The van der Waals surface area contributed by atoms with Crippen molar-refractivity contribution in [3.8, 4) is 11.1 Å². The van der Waals surface area contributed by atoms with E-state index in [0.29, 0.717) is 11.3 Å². The van der Waals surface area contributed by atoms with Gasteiger partial charge in [0.15, 0.2) is 5.54 Å². The lowest BCUT2D eigenvalue weighted by Gasteiger charge is -2.25. The average molecular weight is 400 g/mol. The van der Waals surface area contributed by atoms with E-state index in [0.717, 1.165) is 16.7 Å². The molecule has 30 heavy (non-hydrogen) atoms. The zero-order valence-corrected chi connectivity index (χ0v) is 16.3. The second-order valence-corrected chi connectivity index (χ2v) is 7.12. The van der Waals surface area contributed by atoms with Crippen molar-refractivity contribution in [2.45, 2.75) is 12.5 Å². The Hall–Kier alpha value is -4.00. The molecule has 7 nitrogen and oxygen atoms in total. The predicted octanol–water partition coefficient (Wildman–Crippen LogP) is 2.52. The topological polar surface area (TPSA) is 100 Å². The number of nitrogens with one attached hydrogen (secondary N) is 3. The fourth-order valence-corrected chi connectivity index (χ4v) is 3.48. The quantitative estimate of drug-likeness (QED) is 0.573. The number of amides is 4. The number of carbonyl (C=O) groups excluding carboxylic acids is 3. The van der Waals surface area contributed by atoms with Gasteiger partial charge >= 0.3 is 6.03 Å². The van der Waals surface area contributed by atoms with Crippen LogP contribution in [0.25, 0.3) is 11.1 Å². The van der Waals surface area contributed by atoms with Gasteiger partial charge in [-0.1, -0.05) is 54.1 Å². The lowest BCUT2D eigenvalue weighted by Crippen LogP contribution is -2.53. The van der Waals surface area contributed by atoms with Gasteiger partial charge in [0, 0.05) is 11.8 Å². The number of imide groups is 1. The second kappa shape index (κ2) is 7.79. The highest BCUT2D eigenvalue weighted by molar-refractivity contribution is 6.08. The van der Waals surface area contributed by atoms with Crippen molar-refractivity contribution in [1.29, 1.82) is 0 Å². The van der Waals surface area contributed by atoms with Crippen LogP contribution in [0.3, 0.4) is 0 Å². The highest BCUT2D eigenvalue weighted by Crippen LogP contribution is 2.26. The van der Waals surface area contributed by atoms with Crippen LogP contribution in [0.2, 0.25) is 0 Å². The first-order valence-electron chi connectivity index (χ1n) is 9.49. The first kappa shape index (κ1) is 19.3. The summed E-state index contributed by atoms with van der Waals surface area (Å²) in [6.45, 7) is 1.86. The van der Waals surface area contributed by atoms with Gasteiger partial charge in [-0.25, -0.2) is 4.79 Å². The largest absolute Gasteiger partial charge is 0.349 e. The van der Waals surface area contributed by atoms with Crippen LogP contribution in [0.5, 0.6) is 0 Å². The minimum Gasteiger partial charge on any atom is -0.349 e. The van der Waals surface area contributed by atoms with Gasteiger partial charge < -0.3 is 10.6 Å². The summed E-state index contributed by atoms with van der Waals surface area (Å²) in [5, 5.41) is 7.65. The van der Waals surface area contributed by atoms with Crippen molar-refractivity contribution in [2.75, 3.05) is 6.54 Å². The molecule has 1 aromatic heterocycles. The molecule has 3 aromatic rings. The van der Waals surface area contributed by atoms with Gasteiger partial charge in [-0.05, 0) is 36.2 Å². The second-order valence-electron chi connectivity index (χ2n) is 7.12. The van der Waals surface area contributed by atoms with E-state index in [-0.39, 0.29) is 12.5 Å². The summed E-state index contributed by atoms with van der Waals surface area (Å²) < 4.78 is 0. The summed E-state index contributed by atoms with van der Waals surface area (Å²) in [7, 11) is 0. The molecule has 1 fully saturated rings. The van der Waals surface area contributed by atoms with Crippen molar-refractivity contribution in [2.24, 2.45) is 0 Å². The van der Waals surface area contributed by atoms with Gasteiger partial charge in [0.2, 0.25) is 0 Å². The summed E-state index contributed by atoms with van der Waals surface area (Å²) >= 11 is 0. The summed E-state index contributed by atoms with van der Waals surface area (Å²) in [6, 6.07) is 19.6. The van der Waals surface area contributed by atoms with Crippen LogP contribution in [-0.4, -0.2) is 29.4 Å². The third-order valence-corrected chi connectivity index (χ3v) is 5.09. The Morgan fingerprint density at radius 1 is 1.00 bits per heavy atom. The Labute approximate surface area is 173 Å². The van der Waals surface area contributed by atoms with Gasteiger partial charge in [0.05, 0.1) is 12.2 Å². The molecular weight excluding hydrogens is 380 g/mol. The lowest BCUT2D eigenvalue weighted by molar-refractivity contribution is -0.124. The number of aromatic nitrogens is 1. The third kappa shape index (κ3) is 3.53. The molecule has 2 aromatic carbocycles. The number of carbonyl (C=O) groups is 3. The number of hydrogen-bond donors (Lipinski definition) is 3. The number of aryl methyl sites for hydroxylation is 1. The molecule has 2 heterocycles. The summed E-state index contributed by atoms with van der Waals surface area (Å²) in [5.74, 6) is -0.909. The van der Waals surface area contributed by atoms with Crippen LogP contribution in [0.15, 0.2) is 72.9 Å². The van der Waals surface area contributed by atoms with E-state index in [1.165, 1.54) is 6.20 Å². The number of nitrogens with zero attached hydrogens (tertiary/aromatic N) is 1. The Kier molecular flexibility index (Phi) is 5.02. The normalized spacial score (nSPS) is 17.9. The van der Waals surface area contributed by atoms with Gasteiger partial charge in [0.25, 0.3) is 11.8 Å². The van der Waals surface area contributed by atoms with Crippen LogP contribution in [0, 0.1) is 6.92 Å². The fourth-order valence-electron chi connectivity index (χ4n) is 3.48. The molecule has 0 spiro atoms. The molecule has 0 saturated carbocycles. The first-order valence-corrected chi connectivity index (χ1v) is 9.49. The average Bonchev–Trinajstić information content (AvgIpc) is 3.07. The molecule has 1 saturated heterocycles. The molecule has 0 bridgehead atoms. The maximum Gasteiger partial charge on any atom is 0.322 e.